The Kier molecular flexibility index (Phi) is 23.9. The van der Waals surface area contributed by atoms with Gasteiger partial charge < -0.3 is 4.42 Å². The zero-order valence-corrected chi connectivity index (χ0v) is 85.3. The molecule has 6 aromatic heterocycles. The van der Waals surface area contributed by atoms with Crippen molar-refractivity contribution in [1.82, 2.24) is 0 Å². The Morgan fingerprint density at radius 3 is 1.02 bits per heavy atom. The Morgan fingerprint density at radius 2 is 0.622 bits per heavy atom. The van der Waals surface area contributed by atoms with Crippen LogP contribution >= 0.6 is 11.3 Å². The molecule has 4 saturated heterocycles. The lowest BCUT2D eigenvalue weighted by atomic mass is 9.81. The lowest BCUT2D eigenvalue weighted by molar-refractivity contribution is -0.665. The normalized spacial score (nSPS) is 17.4. The molecule has 0 bridgehead atoms. The minimum atomic E-state index is -0.942. The number of pyridine rings is 4. The Hall–Kier alpha value is -9.53. The van der Waals surface area contributed by atoms with Gasteiger partial charge in [0.15, 0.2) is 22.8 Å². The number of aromatic nitrogens is 4. The summed E-state index contributed by atoms with van der Waals surface area (Å²) in [5, 5.41) is 18.3. The maximum Gasteiger partial charge on any atom is 0.220 e. The topological polar surface area (TPSA) is 28.7 Å². The molecule has 0 saturated carbocycles. The standard InChI is InChI=1S/C34H40NSi.C29H34NSi.C27H32NOSi.C27H32NSSi/c1-22-18-30-28-10-8-9-11-31(28)34(3,4)32(30)21-29(22)33-27-13-12-25(20-26(27)19-23(2)35(33)5)24-14-16-36(6,7)17-15-24;1-20-16-23-8-6-7-9-24(23)19-28(20)29-27-11-10-25(18-26(27)17-21(2)30(29)3)22-12-14-31(4,5)15-13-22;2*1-18-14-22-8-11-29-26(22)17-25(18)27-24-7-6-21(16-23(24)15-19(2)28(27)3)20-9-12-30(4,5)13-10-20/h8-13,18-21,24H,14-17H2,1-7H3;6-11,16-19,22H,12-15H2,1-5H3;2*6-8,11,14-17,20H,9-10,12-13H2,1-5H3/q4*+1. The predicted molar refractivity (Wildman–Crippen MR) is 557 cm³/mol. The molecule has 16 aromatic rings. The van der Waals surface area contributed by atoms with E-state index in [-0.39, 0.29) is 5.41 Å². The van der Waals surface area contributed by atoms with Crippen molar-refractivity contribution in [2.45, 2.75) is 250 Å². The molecule has 5 nitrogen and oxygen atoms in total. The molecule has 0 N–H and O–H groups in total. The highest BCUT2D eigenvalue weighted by Gasteiger charge is 2.39. The zero-order chi connectivity index (χ0) is 89.2. The molecule has 0 amide bonds. The van der Waals surface area contributed by atoms with Crippen LogP contribution in [0, 0.1) is 55.4 Å². The van der Waals surface area contributed by atoms with Crippen LogP contribution < -0.4 is 18.3 Å². The van der Waals surface area contributed by atoms with Gasteiger partial charge in [0, 0.05) is 99.8 Å². The molecule has 650 valence electrons. The van der Waals surface area contributed by atoms with Crippen LogP contribution in [-0.4, -0.2) is 32.3 Å². The Morgan fingerprint density at radius 1 is 0.291 bits per heavy atom. The molecule has 21 rings (SSSR count). The molecule has 1 aliphatic carbocycles. The quantitative estimate of drug-likeness (QED) is 0.110. The minimum absolute atomic E-state index is 0.0117. The van der Waals surface area contributed by atoms with E-state index >= 15 is 0 Å². The predicted octanol–water partition coefficient (Wildman–Crippen LogP) is 31.6. The lowest BCUT2D eigenvalue weighted by Gasteiger charge is -2.33. The first-order valence-corrected chi connectivity index (χ1v) is 62.5. The maximum atomic E-state index is 5.73. The number of benzene rings is 10. The van der Waals surface area contributed by atoms with Crippen LogP contribution in [0.1, 0.15) is 167 Å². The number of fused-ring (bicyclic) bond motifs is 10. The van der Waals surface area contributed by atoms with Crippen molar-refractivity contribution in [2.75, 3.05) is 0 Å². The van der Waals surface area contributed by atoms with Gasteiger partial charge in [-0.15, -0.1) is 11.3 Å². The molecule has 5 aliphatic rings. The molecule has 10 aromatic carbocycles. The molecular formula is C117H138N4OSSi4+4. The third-order valence-electron chi connectivity index (χ3n) is 32.1. The third kappa shape index (κ3) is 17.4. The molecule has 10 heteroatoms. The highest BCUT2D eigenvalue weighted by atomic mass is 32.1. The lowest BCUT2D eigenvalue weighted by Crippen LogP contribution is -2.35. The van der Waals surface area contributed by atoms with Crippen molar-refractivity contribution in [2.24, 2.45) is 28.2 Å². The molecular weight excluding hydrogens is 1620 g/mol. The average Bonchev–Trinajstić information content (AvgIpc) is 1.57. The summed E-state index contributed by atoms with van der Waals surface area (Å²) in [7, 11) is 5.13. The van der Waals surface area contributed by atoms with E-state index in [9.17, 15) is 0 Å². The van der Waals surface area contributed by atoms with Crippen molar-refractivity contribution in [1.29, 1.82) is 0 Å². The zero-order valence-electron chi connectivity index (χ0n) is 80.5. The van der Waals surface area contributed by atoms with Crippen LogP contribution in [-0.2, 0) is 33.6 Å². The van der Waals surface area contributed by atoms with E-state index in [1.807, 2.05) is 17.4 Å². The van der Waals surface area contributed by atoms with Crippen LogP contribution in [0.3, 0.4) is 0 Å². The highest BCUT2D eigenvalue weighted by Crippen LogP contribution is 2.52. The van der Waals surface area contributed by atoms with E-state index in [1.165, 1.54) is 287 Å². The van der Waals surface area contributed by atoms with E-state index in [0.717, 1.165) is 29.3 Å². The molecule has 0 spiro atoms. The summed E-state index contributed by atoms with van der Waals surface area (Å²) in [4.78, 5) is 0. The molecule has 0 radical (unpaired) electrons. The van der Waals surface area contributed by atoms with Crippen LogP contribution in [0.15, 0.2) is 222 Å². The Balaban J connectivity index is 0.000000115. The number of hydrogen-bond acceptors (Lipinski definition) is 2. The SMILES string of the molecule is Cc1cc2c(cc1-c1c3ccc(C4CC[Si](C)(C)CC4)cc3cc(C)[n+]1C)C(C)(C)c1ccccc1-2.Cc1cc2ccccc2cc1-c1c2ccc(C3CC[Si](C)(C)CC3)cc2cc(C)[n+]1C.Cc1cc2ccoc2cc1-c1c2ccc(C3CC[Si](C)(C)CC3)cc2cc(C)[n+]1C.Cc1cc2ccsc2cc1-c1c2ccc(C3CC[Si](C)(C)CC3)cc2cc(C)[n+]1C. The van der Waals surface area contributed by atoms with E-state index in [2.05, 4.69) is 374 Å². The first-order valence-electron chi connectivity index (χ1n) is 48.0. The van der Waals surface area contributed by atoms with Crippen molar-refractivity contribution in [3.05, 3.63) is 296 Å². The van der Waals surface area contributed by atoms with E-state index in [4.69, 9.17) is 4.42 Å². The number of hydrogen-bond donors (Lipinski definition) is 0. The summed E-state index contributed by atoms with van der Waals surface area (Å²) in [6.45, 7) is 43.2. The van der Waals surface area contributed by atoms with Gasteiger partial charge in [-0.2, -0.15) is 18.3 Å². The summed E-state index contributed by atoms with van der Waals surface area (Å²) >= 11 is 1.84. The van der Waals surface area contributed by atoms with Gasteiger partial charge in [0.1, 0.15) is 33.8 Å². The fourth-order valence-electron chi connectivity index (χ4n) is 23.1. The van der Waals surface area contributed by atoms with Crippen LogP contribution in [0.5, 0.6) is 0 Å². The minimum Gasteiger partial charge on any atom is -0.464 e. The summed E-state index contributed by atoms with van der Waals surface area (Å²) in [6, 6.07) is 91.2. The van der Waals surface area contributed by atoms with Gasteiger partial charge in [0.2, 0.25) is 22.8 Å². The number of nitrogens with zero attached hydrogens (tertiary/aromatic N) is 4. The van der Waals surface area contributed by atoms with Crippen LogP contribution in [0.25, 0.3) is 131 Å². The third-order valence-corrected chi connectivity index (χ3v) is 46.1. The number of thiophene rings is 1. The van der Waals surface area contributed by atoms with Crippen LogP contribution in [0.4, 0.5) is 0 Å². The van der Waals surface area contributed by atoms with E-state index in [0.29, 0.717) is 0 Å². The highest BCUT2D eigenvalue weighted by molar-refractivity contribution is 7.17. The summed E-state index contributed by atoms with van der Waals surface area (Å²) in [5.41, 5.74) is 34.0. The summed E-state index contributed by atoms with van der Waals surface area (Å²) in [5.74, 6) is 2.95. The smallest absolute Gasteiger partial charge is 0.220 e. The largest absolute Gasteiger partial charge is 0.464 e. The van der Waals surface area contributed by atoms with Crippen LogP contribution in [0.2, 0.25) is 101 Å². The molecule has 10 heterocycles. The molecule has 4 aliphatic heterocycles. The van der Waals surface area contributed by atoms with Gasteiger partial charge in [0.05, 0.1) is 50.1 Å². The van der Waals surface area contributed by atoms with Gasteiger partial charge in [-0.25, -0.2) is 0 Å². The second-order valence-electron chi connectivity index (χ2n) is 43.6. The molecule has 127 heavy (non-hydrogen) atoms. The second kappa shape index (κ2) is 34.4. The van der Waals surface area contributed by atoms with Crippen molar-refractivity contribution < 1.29 is 22.7 Å². The van der Waals surface area contributed by atoms with E-state index in [1.54, 1.807) is 23.0 Å². The number of furan rings is 1. The second-order valence-corrected chi connectivity index (χ2v) is 65.8. The van der Waals surface area contributed by atoms with Crippen molar-refractivity contribution >= 4 is 119 Å². The maximum absolute atomic E-state index is 5.73. The van der Waals surface area contributed by atoms with Gasteiger partial charge in [-0.05, 0) is 285 Å². The summed E-state index contributed by atoms with van der Waals surface area (Å²) in [6.07, 6.45) is 12.8. The fourth-order valence-corrected chi connectivity index (χ4v) is 34.0. The first-order chi connectivity index (χ1) is 60.5. The number of aryl methyl sites for hydroxylation is 8. The monoisotopic (exact) mass is 1760 g/mol. The van der Waals surface area contributed by atoms with Gasteiger partial charge >= 0.3 is 0 Å². The average molecular weight is 1760 g/mol. The van der Waals surface area contributed by atoms with Crippen molar-refractivity contribution in [3.63, 3.8) is 0 Å². The number of rotatable bonds is 8. The molecule has 0 atom stereocenters. The Bertz CT molecular complexity index is 6790. The first kappa shape index (κ1) is 88.1. The molecule has 4 fully saturated rings. The fraction of sp³-hybridized carbons (Fsp3) is 0.368. The van der Waals surface area contributed by atoms with Gasteiger partial charge in [-0.1, -0.05) is 224 Å². The van der Waals surface area contributed by atoms with Gasteiger partial charge in [-0.3, -0.25) is 0 Å². The molecule has 0 unspecified atom stereocenters. The Labute approximate surface area is 766 Å². The van der Waals surface area contributed by atoms with Crippen molar-refractivity contribution in [3.8, 4) is 56.2 Å². The van der Waals surface area contributed by atoms with E-state index < -0.39 is 32.3 Å². The summed E-state index contributed by atoms with van der Waals surface area (Å²) < 4.78 is 16.6. The van der Waals surface area contributed by atoms with Gasteiger partial charge in [0.25, 0.3) is 0 Å².